The van der Waals surface area contributed by atoms with E-state index in [1.165, 1.54) is 18.4 Å². The molecule has 0 unspecified atom stereocenters. The summed E-state index contributed by atoms with van der Waals surface area (Å²) in [7, 11) is 0. The number of aromatic nitrogens is 2. The van der Waals surface area contributed by atoms with Crippen LogP contribution >= 0.6 is 11.6 Å². The second kappa shape index (κ2) is 12.0. The van der Waals surface area contributed by atoms with Gasteiger partial charge in [0.05, 0.1) is 0 Å². The number of aryl methyl sites for hydroxylation is 1. The molecule has 2 fully saturated rings. The van der Waals surface area contributed by atoms with E-state index in [4.69, 9.17) is 16.6 Å². The van der Waals surface area contributed by atoms with Gasteiger partial charge in [0.2, 0.25) is 0 Å². The molecule has 194 valence electrons. The molecule has 0 bridgehead atoms. The molecule has 0 saturated carbocycles. The minimum Gasteiger partial charge on any atom is -0.355 e. The van der Waals surface area contributed by atoms with Gasteiger partial charge in [-0.15, -0.1) is 0 Å². The van der Waals surface area contributed by atoms with Crippen LogP contribution in [0.3, 0.4) is 0 Å². The summed E-state index contributed by atoms with van der Waals surface area (Å²) in [4.78, 5) is 29.2. The molecule has 3 aromatic rings. The minimum absolute atomic E-state index is 0.201. The number of nitrogens with zero attached hydrogens (tertiary/aromatic N) is 5. The van der Waals surface area contributed by atoms with Gasteiger partial charge in [-0.3, -0.25) is 19.6 Å². The van der Waals surface area contributed by atoms with Crippen LogP contribution in [-0.2, 0) is 6.54 Å². The summed E-state index contributed by atoms with van der Waals surface area (Å²) in [6, 6.07) is 18.1. The van der Waals surface area contributed by atoms with Gasteiger partial charge in [-0.2, -0.15) is 0 Å². The molecule has 1 N–H and O–H groups in total. The van der Waals surface area contributed by atoms with Crippen molar-refractivity contribution in [3.8, 4) is 0 Å². The third-order valence-corrected chi connectivity index (χ3v) is 7.77. The van der Waals surface area contributed by atoms with Crippen LogP contribution in [0.1, 0.15) is 41.0 Å². The Morgan fingerprint density at radius 2 is 1.84 bits per heavy atom. The van der Waals surface area contributed by atoms with Crippen LogP contribution in [0.2, 0.25) is 5.02 Å². The smallest absolute Gasteiger partial charge is 0.274 e. The van der Waals surface area contributed by atoms with Crippen LogP contribution in [0.25, 0.3) is 0 Å². The van der Waals surface area contributed by atoms with E-state index in [9.17, 15) is 4.79 Å². The number of rotatable bonds is 6. The molecule has 0 radical (unpaired) electrons. The molecule has 0 aliphatic carbocycles. The average molecular weight is 519 g/mol. The maximum atomic E-state index is 12.8. The van der Waals surface area contributed by atoms with Gasteiger partial charge in [0.25, 0.3) is 5.91 Å². The Morgan fingerprint density at radius 1 is 1.00 bits per heavy atom. The number of hydrogen-bond donors (Lipinski definition) is 1. The number of anilines is 2. The summed E-state index contributed by atoms with van der Waals surface area (Å²) in [6.45, 7) is 9.02. The van der Waals surface area contributed by atoms with E-state index in [1.54, 1.807) is 18.3 Å². The SMILES string of the molecule is Cc1cc(NC(=O)c2cccc(N3CCCN(C4CCN(Cc5ccccc5Cl)CC4)CC3)n2)ccn1. The number of pyridine rings is 2. The lowest BCUT2D eigenvalue weighted by atomic mass is 10.0. The van der Waals surface area contributed by atoms with Gasteiger partial charge in [-0.25, -0.2) is 4.98 Å². The molecule has 5 rings (SSSR count). The zero-order valence-corrected chi connectivity index (χ0v) is 22.2. The second-order valence-electron chi connectivity index (χ2n) is 10.00. The number of hydrogen-bond acceptors (Lipinski definition) is 6. The van der Waals surface area contributed by atoms with Crippen LogP contribution in [0.4, 0.5) is 11.5 Å². The maximum absolute atomic E-state index is 12.8. The van der Waals surface area contributed by atoms with E-state index in [0.29, 0.717) is 11.7 Å². The maximum Gasteiger partial charge on any atom is 0.274 e. The Labute approximate surface area is 224 Å². The van der Waals surface area contributed by atoms with Gasteiger partial charge < -0.3 is 10.2 Å². The molecule has 1 aromatic carbocycles. The molecule has 7 nitrogen and oxygen atoms in total. The van der Waals surface area contributed by atoms with Crippen LogP contribution in [0.5, 0.6) is 0 Å². The Hall–Kier alpha value is -3.00. The van der Waals surface area contributed by atoms with Gasteiger partial charge in [-0.05, 0) is 75.2 Å². The molecule has 1 amide bonds. The molecular formula is C29H35ClN6O. The number of carbonyl (C=O) groups excluding carboxylic acids is 1. The first-order chi connectivity index (χ1) is 18.0. The number of amides is 1. The molecular weight excluding hydrogens is 484 g/mol. The highest BCUT2D eigenvalue weighted by molar-refractivity contribution is 6.31. The Morgan fingerprint density at radius 3 is 2.65 bits per heavy atom. The molecule has 0 spiro atoms. The van der Waals surface area contributed by atoms with Crippen LogP contribution < -0.4 is 10.2 Å². The number of halogens is 1. The molecule has 2 saturated heterocycles. The predicted octanol–water partition coefficient (Wildman–Crippen LogP) is 4.87. The highest BCUT2D eigenvalue weighted by Gasteiger charge is 2.27. The van der Waals surface area contributed by atoms with E-state index in [0.717, 1.165) is 74.5 Å². The standard InChI is InChI=1S/C29H35ClN6O/c1-22-20-24(10-13-31-22)32-29(37)27-8-4-9-28(33-27)36-15-5-14-35(18-19-36)25-11-16-34(17-12-25)21-23-6-2-3-7-26(23)30/h2-4,6-10,13,20,25H,5,11-12,14-19,21H2,1H3,(H,31,32,37). The topological polar surface area (TPSA) is 64.6 Å². The number of nitrogens with one attached hydrogen (secondary N) is 1. The van der Waals surface area contributed by atoms with Gasteiger partial charge >= 0.3 is 0 Å². The van der Waals surface area contributed by atoms with Crippen molar-refractivity contribution in [2.45, 2.75) is 38.8 Å². The number of benzene rings is 1. The van der Waals surface area contributed by atoms with E-state index in [2.05, 4.69) is 37.1 Å². The summed E-state index contributed by atoms with van der Waals surface area (Å²) < 4.78 is 0. The molecule has 4 heterocycles. The zero-order chi connectivity index (χ0) is 25.6. The van der Waals surface area contributed by atoms with Crippen molar-refractivity contribution in [2.75, 3.05) is 49.5 Å². The van der Waals surface area contributed by atoms with Crippen molar-refractivity contribution in [1.82, 2.24) is 19.8 Å². The zero-order valence-electron chi connectivity index (χ0n) is 21.4. The van der Waals surface area contributed by atoms with E-state index in [-0.39, 0.29) is 5.91 Å². The van der Waals surface area contributed by atoms with Gasteiger partial charge in [-0.1, -0.05) is 35.9 Å². The van der Waals surface area contributed by atoms with Crippen molar-refractivity contribution < 1.29 is 4.79 Å². The summed E-state index contributed by atoms with van der Waals surface area (Å²) in [6.07, 6.45) is 5.16. The van der Waals surface area contributed by atoms with Crippen LogP contribution in [0, 0.1) is 6.92 Å². The summed E-state index contributed by atoms with van der Waals surface area (Å²) >= 11 is 6.38. The van der Waals surface area contributed by atoms with Crippen molar-refractivity contribution in [3.63, 3.8) is 0 Å². The minimum atomic E-state index is -0.201. The number of piperidine rings is 1. The highest BCUT2D eigenvalue weighted by Crippen LogP contribution is 2.24. The largest absolute Gasteiger partial charge is 0.355 e. The van der Waals surface area contributed by atoms with Crippen molar-refractivity contribution in [2.24, 2.45) is 0 Å². The van der Waals surface area contributed by atoms with Crippen LogP contribution in [-0.4, -0.2) is 71.0 Å². The van der Waals surface area contributed by atoms with Gasteiger partial charge in [0.1, 0.15) is 11.5 Å². The Balaban J connectivity index is 1.14. The Kier molecular flexibility index (Phi) is 8.34. The number of carbonyl (C=O) groups is 1. The van der Waals surface area contributed by atoms with Gasteiger partial charge in [0, 0.05) is 61.4 Å². The lowest BCUT2D eigenvalue weighted by Gasteiger charge is -2.38. The van der Waals surface area contributed by atoms with Crippen molar-refractivity contribution in [3.05, 3.63) is 82.8 Å². The fourth-order valence-corrected chi connectivity index (χ4v) is 5.58. The van der Waals surface area contributed by atoms with E-state index >= 15 is 0 Å². The Bertz CT molecular complexity index is 1210. The molecule has 37 heavy (non-hydrogen) atoms. The summed E-state index contributed by atoms with van der Waals surface area (Å²) in [5, 5.41) is 3.79. The van der Waals surface area contributed by atoms with E-state index in [1.807, 2.05) is 37.3 Å². The van der Waals surface area contributed by atoms with Crippen molar-refractivity contribution in [1.29, 1.82) is 0 Å². The van der Waals surface area contributed by atoms with E-state index < -0.39 is 0 Å². The first-order valence-electron chi connectivity index (χ1n) is 13.2. The summed E-state index contributed by atoms with van der Waals surface area (Å²) in [5.41, 5.74) is 3.24. The first-order valence-corrected chi connectivity index (χ1v) is 13.6. The molecule has 0 atom stereocenters. The van der Waals surface area contributed by atoms with Crippen LogP contribution in [0.15, 0.2) is 60.8 Å². The average Bonchev–Trinajstić information content (AvgIpc) is 3.17. The molecule has 2 aliphatic heterocycles. The fourth-order valence-electron chi connectivity index (χ4n) is 5.39. The van der Waals surface area contributed by atoms with Crippen molar-refractivity contribution >= 4 is 29.0 Å². The normalized spacial score (nSPS) is 17.9. The predicted molar refractivity (Wildman–Crippen MR) is 149 cm³/mol. The van der Waals surface area contributed by atoms with Gasteiger partial charge in [0.15, 0.2) is 0 Å². The summed E-state index contributed by atoms with van der Waals surface area (Å²) in [5.74, 6) is 0.669. The lowest BCUT2D eigenvalue weighted by Crippen LogP contribution is -2.46. The lowest BCUT2D eigenvalue weighted by molar-refractivity contribution is 0.102. The quantitative estimate of drug-likeness (QED) is 0.502. The molecule has 2 aromatic heterocycles. The molecule has 8 heteroatoms. The monoisotopic (exact) mass is 518 g/mol. The number of likely N-dealkylation sites (tertiary alicyclic amines) is 1. The second-order valence-corrected chi connectivity index (χ2v) is 10.4. The third kappa shape index (κ3) is 6.66. The third-order valence-electron chi connectivity index (χ3n) is 7.40. The fraction of sp³-hybridized carbons (Fsp3) is 0.414. The molecule has 2 aliphatic rings. The highest BCUT2D eigenvalue weighted by atomic mass is 35.5. The first kappa shape index (κ1) is 25.6.